The molecule has 1 aromatic carbocycles. The van der Waals surface area contributed by atoms with Gasteiger partial charge < -0.3 is 11.1 Å². The third-order valence-corrected chi connectivity index (χ3v) is 5.41. The van der Waals surface area contributed by atoms with Crippen molar-refractivity contribution in [1.82, 2.24) is 15.1 Å². The number of rotatable bonds is 3. The van der Waals surface area contributed by atoms with Gasteiger partial charge in [0.2, 0.25) is 0 Å². The third-order valence-electron chi connectivity index (χ3n) is 4.48. The lowest BCUT2D eigenvalue weighted by Crippen LogP contribution is -2.30. The Morgan fingerprint density at radius 2 is 2.08 bits per heavy atom. The Labute approximate surface area is 152 Å². The molecule has 1 aliphatic carbocycles. The molecule has 3 aromatic rings. The lowest BCUT2D eigenvalue weighted by Gasteiger charge is -2.24. The van der Waals surface area contributed by atoms with Crippen molar-refractivity contribution in [1.29, 1.82) is 0 Å². The van der Waals surface area contributed by atoms with Crippen LogP contribution in [0.25, 0.3) is 5.69 Å². The number of hydrogen-bond acceptors (Lipinski definition) is 4. The Kier molecular flexibility index (Phi) is 4.20. The van der Waals surface area contributed by atoms with Crippen molar-refractivity contribution in [2.24, 2.45) is 0 Å². The number of carbonyl (C=O) groups excluding carboxylic acids is 1. The second-order valence-corrected chi connectivity index (χ2v) is 7.13. The van der Waals surface area contributed by atoms with E-state index in [1.807, 2.05) is 0 Å². The molecule has 1 amide bonds. The van der Waals surface area contributed by atoms with E-state index in [2.05, 4.69) is 10.4 Å². The minimum Gasteiger partial charge on any atom is -0.397 e. The number of nitrogens with one attached hydrogen (secondary N) is 1. The third kappa shape index (κ3) is 2.96. The summed E-state index contributed by atoms with van der Waals surface area (Å²) >= 11 is 1.29. The predicted molar refractivity (Wildman–Crippen MR) is 95.4 cm³/mol. The molecule has 3 N–H and O–H groups in total. The number of aromatic nitrogens is 2. The first kappa shape index (κ1) is 16.7. The monoisotopic (exact) mass is 374 g/mol. The highest BCUT2D eigenvalue weighted by molar-refractivity contribution is 7.12. The van der Waals surface area contributed by atoms with Crippen LogP contribution in [0, 0.1) is 11.6 Å². The maximum atomic E-state index is 13.5. The van der Waals surface area contributed by atoms with Crippen LogP contribution in [0.3, 0.4) is 0 Å². The summed E-state index contributed by atoms with van der Waals surface area (Å²) in [6, 6.07) is 4.80. The minimum atomic E-state index is -0.655. The number of halogens is 2. The van der Waals surface area contributed by atoms with Gasteiger partial charge in [-0.25, -0.2) is 13.5 Å². The number of fused-ring (bicyclic) bond motifs is 1. The fourth-order valence-electron chi connectivity index (χ4n) is 3.32. The second-order valence-electron chi connectivity index (χ2n) is 6.21. The molecule has 1 aliphatic rings. The average molecular weight is 374 g/mol. The molecule has 0 radical (unpaired) electrons. The van der Waals surface area contributed by atoms with Crippen LogP contribution in [0.5, 0.6) is 0 Å². The molecular formula is C18H16F2N4OS. The highest BCUT2D eigenvalue weighted by atomic mass is 32.1. The molecule has 0 saturated heterocycles. The Morgan fingerprint density at radius 1 is 1.31 bits per heavy atom. The lowest BCUT2D eigenvalue weighted by molar-refractivity contribution is 0.0937. The first-order chi connectivity index (χ1) is 12.5. The predicted octanol–water partition coefficient (Wildman–Crippen LogP) is 3.60. The topological polar surface area (TPSA) is 72.9 Å². The van der Waals surface area contributed by atoms with Crippen LogP contribution < -0.4 is 11.1 Å². The van der Waals surface area contributed by atoms with E-state index in [0.29, 0.717) is 16.3 Å². The van der Waals surface area contributed by atoms with Gasteiger partial charge in [0.05, 0.1) is 23.6 Å². The van der Waals surface area contributed by atoms with Gasteiger partial charge in [-0.2, -0.15) is 5.10 Å². The van der Waals surface area contributed by atoms with Crippen molar-refractivity contribution < 1.29 is 13.6 Å². The molecule has 8 heteroatoms. The number of benzene rings is 1. The van der Waals surface area contributed by atoms with Crippen LogP contribution in [-0.4, -0.2) is 15.7 Å². The number of carbonyl (C=O) groups is 1. The fourth-order valence-corrected chi connectivity index (χ4v) is 4.04. The summed E-state index contributed by atoms with van der Waals surface area (Å²) in [7, 11) is 0. The normalized spacial score (nSPS) is 16.3. The molecule has 5 nitrogen and oxygen atoms in total. The van der Waals surface area contributed by atoms with Crippen LogP contribution in [-0.2, 0) is 6.42 Å². The van der Waals surface area contributed by atoms with Crippen LogP contribution in [0.2, 0.25) is 0 Å². The van der Waals surface area contributed by atoms with Crippen molar-refractivity contribution in [2.45, 2.75) is 25.3 Å². The van der Waals surface area contributed by atoms with Crippen LogP contribution >= 0.6 is 11.3 Å². The fraction of sp³-hybridized carbons (Fsp3) is 0.222. The highest BCUT2D eigenvalue weighted by Gasteiger charge is 2.27. The molecule has 4 rings (SSSR count). The van der Waals surface area contributed by atoms with Crippen LogP contribution in [0.1, 0.15) is 39.8 Å². The van der Waals surface area contributed by atoms with E-state index in [-0.39, 0.29) is 11.9 Å². The number of thiophene rings is 1. The number of anilines is 1. The SMILES string of the molecule is Nc1ccsc1C(=O)N[C@@H]1CCCc2c1cnn2-c1cc(F)cc(F)c1. The lowest BCUT2D eigenvalue weighted by atomic mass is 9.92. The molecule has 0 fully saturated rings. The average Bonchev–Trinajstić information content (AvgIpc) is 3.20. The molecule has 0 saturated carbocycles. The minimum absolute atomic E-state index is 0.208. The Balaban J connectivity index is 1.65. The molecule has 1 atom stereocenters. The number of nitrogens with two attached hydrogens (primary N) is 1. The first-order valence-electron chi connectivity index (χ1n) is 8.20. The van der Waals surface area contributed by atoms with E-state index in [0.717, 1.165) is 36.6 Å². The smallest absolute Gasteiger partial charge is 0.263 e. The molecule has 2 aromatic heterocycles. The van der Waals surface area contributed by atoms with E-state index in [9.17, 15) is 13.6 Å². The summed E-state index contributed by atoms with van der Waals surface area (Å²) in [5, 5.41) is 9.06. The summed E-state index contributed by atoms with van der Waals surface area (Å²) in [5.41, 5.74) is 8.31. The standard InChI is InChI=1S/C18H16F2N4OS/c19-10-6-11(20)8-12(7-10)24-16-3-1-2-15(13(16)9-22-24)23-18(25)17-14(21)4-5-26-17/h4-9,15H,1-3,21H2,(H,23,25)/t15-/m1/s1. The zero-order chi connectivity index (χ0) is 18.3. The van der Waals surface area contributed by atoms with E-state index >= 15 is 0 Å². The van der Waals surface area contributed by atoms with E-state index in [4.69, 9.17) is 5.73 Å². The van der Waals surface area contributed by atoms with Gasteiger partial charge in [-0.05, 0) is 42.8 Å². The summed E-state index contributed by atoms with van der Waals surface area (Å²) < 4.78 is 28.6. The number of nitrogens with zero attached hydrogens (tertiary/aromatic N) is 2. The summed E-state index contributed by atoms with van der Waals surface area (Å²) in [5.74, 6) is -1.53. The van der Waals surface area contributed by atoms with Crippen molar-refractivity contribution >= 4 is 22.9 Å². The van der Waals surface area contributed by atoms with Gasteiger partial charge in [-0.15, -0.1) is 11.3 Å². The molecule has 0 aliphatic heterocycles. The first-order valence-corrected chi connectivity index (χ1v) is 9.08. The quantitative estimate of drug-likeness (QED) is 0.736. The number of nitrogen functional groups attached to an aromatic ring is 1. The number of amides is 1. The van der Waals surface area contributed by atoms with Crippen molar-refractivity contribution in [3.63, 3.8) is 0 Å². The van der Waals surface area contributed by atoms with E-state index in [1.165, 1.54) is 23.5 Å². The van der Waals surface area contributed by atoms with Gasteiger partial charge in [-0.3, -0.25) is 4.79 Å². The van der Waals surface area contributed by atoms with Crippen LogP contribution in [0.4, 0.5) is 14.5 Å². The van der Waals surface area contributed by atoms with Gasteiger partial charge in [0.15, 0.2) is 0 Å². The molecular weight excluding hydrogens is 358 g/mol. The van der Waals surface area contributed by atoms with Gasteiger partial charge in [-0.1, -0.05) is 0 Å². The molecule has 2 heterocycles. The van der Waals surface area contributed by atoms with Crippen molar-refractivity contribution in [3.8, 4) is 5.69 Å². The highest BCUT2D eigenvalue weighted by Crippen LogP contribution is 2.32. The number of hydrogen-bond donors (Lipinski definition) is 2. The van der Waals surface area contributed by atoms with Crippen LogP contribution in [0.15, 0.2) is 35.8 Å². The van der Waals surface area contributed by atoms with Crippen molar-refractivity contribution in [3.05, 3.63) is 63.6 Å². The Bertz CT molecular complexity index is 961. The molecule has 134 valence electrons. The van der Waals surface area contributed by atoms with Gasteiger partial charge in [0, 0.05) is 17.3 Å². The van der Waals surface area contributed by atoms with Gasteiger partial charge >= 0.3 is 0 Å². The second kappa shape index (κ2) is 6.53. The molecule has 0 bridgehead atoms. The Morgan fingerprint density at radius 3 is 2.77 bits per heavy atom. The zero-order valence-corrected chi connectivity index (χ0v) is 14.5. The molecule has 0 unspecified atom stereocenters. The zero-order valence-electron chi connectivity index (χ0n) is 13.7. The summed E-state index contributed by atoms with van der Waals surface area (Å²) in [6.07, 6.45) is 3.98. The molecule has 26 heavy (non-hydrogen) atoms. The van der Waals surface area contributed by atoms with E-state index < -0.39 is 11.6 Å². The summed E-state index contributed by atoms with van der Waals surface area (Å²) in [6.45, 7) is 0. The maximum Gasteiger partial charge on any atom is 0.263 e. The molecule has 0 spiro atoms. The van der Waals surface area contributed by atoms with Crippen molar-refractivity contribution in [2.75, 3.05) is 5.73 Å². The summed E-state index contributed by atoms with van der Waals surface area (Å²) in [4.78, 5) is 12.9. The van der Waals surface area contributed by atoms with E-state index in [1.54, 1.807) is 22.3 Å². The maximum absolute atomic E-state index is 13.5. The van der Waals surface area contributed by atoms with Gasteiger partial charge in [0.1, 0.15) is 16.5 Å². The largest absolute Gasteiger partial charge is 0.397 e. The Hall–Kier alpha value is -2.74. The van der Waals surface area contributed by atoms with Gasteiger partial charge in [0.25, 0.3) is 5.91 Å².